The van der Waals surface area contributed by atoms with Gasteiger partial charge in [-0.05, 0) is 41.4 Å². The van der Waals surface area contributed by atoms with Crippen LogP contribution in [0.2, 0.25) is 5.15 Å². The van der Waals surface area contributed by atoms with Crippen LogP contribution in [0, 0.1) is 0 Å². The molecule has 2 rings (SSSR count). The number of nitrogens with one attached hydrogen (secondary N) is 1. The monoisotopic (exact) mass is 395 g/mol. The van der Waals surface area contributed by atoms with Crippen molar-refractivity contribution in [1.82, 2.24) is 14.1 Å². The van der Waals surface area contributed by atoms with Crippen molar-refractivity contribution in [3.63, 3.8) is 0 Å². The van der Waals surface area contributed by atoms with E-state index < -0.39 is 10.0 Å². The zero-order valence-corrected chi connectivity index (χ0v) is 14.7. The smallest absolute Gasteiger partial charge is 0.260 e. The minimum Gasteiger partial charge on any atom is -0.385 e. The number of nitrogens with zero attached hydrogens (tertiary/aromatic N) is 2. The molecule has 0 bridgehead atoms. The number of halogens is 2. The first-order valence-corrected chi connectivity index (χ1v) is 8.85. The third-order valence-electron chi connectivity index (χ3n) is 2.86. The maximum atomic E-state index is 12.5. The number of ether oxygens (including phenoxy) is 1. The number of hydrogen-bond acceptors (Lipinski definition) is 4. The van der Waals surface area contributed by atoms with Crippen molar-refractivity contribution in [2.45, 2.75) is 24.4 Å². The molecule has 0 unspecified atom stereocenters. The van der Waals surface area contributed by atoms with Crippen LogP contribution in [0.15, 0.2) is 27.8 Å². The molecule has 0 aliphatic heterocycles. The lowest BCUT2D eigenvalue weighted by Gasteiger charge is -2.13. The van der Waals surface area contributed by atoms with E-state index in [9.17, 15) is 8.42 Å². The quantitative estimate of drug-likeness (QED) is 0.814. The molecule has 6 nitrogen and oxygen atoms in total. The van der Waals surface area contributed by atoms with E-state index in [1.165, 1.54) is 4.40 Å². The zero-order valence-electron chi connectivity index (χ0n) is 11.5. The number of imidazole rings is 1. The number of methoxy groups -OCH3 is 1. The van der Waals surface area contributed by atoms with E-state index in [1.54, 1.807) is 32.4 Å². The Labute approximate surface area is 136 Å². The minimum absolute atomic E-state index is 0.0560. The van der Waals surface area contributed by atoms with Crippen LogP contribution in [0.25, 0.3) is 5.65 Å². The summed E-state index contributed by atoms with van der Waals surface area (Å²) in [4.78, 5) is 4.05. The lowest BCUT2D eigenvalue weighted by Crippen LogP contribution is -2.34. The standard InChI is InChI=1S/C12H15BrClN3O3S/c1-8(5-6-20-2)16-21(18,19)12-11(14)15-10-4-3-9(13)7-17(10)12/h3-4,7-8,16H,5-6H2,1-2H3/t8-/m1/s1. The van der Waals surface area contributed by atoms with Gasteiger partial charge in [0.15, 0.2) is 10.2 Å². The van der Waals surface area contributed by atoms with Crippen molar-refractivity contribution in [2.75, 3.05) is 13.7 Å². The fourth-order valence-electron chi connectivity index (χ4n) is 1.88. The average molecular weight is 397 g/mol. The van der Waals surface area contributed by atoms with Gasteiger partial charge < -0.3 is 4.74 Å². The maximum absolute atomic E-state index is 12.5. The molecule has 0 saturated carbocycles. The molecule has 0 fully saturated rings. The van der Waals surface area contributed by atoms with E-state index in [2.05, 4.69) is 25.6 Å². The van der Waals surface area contributed by atoms with Gasteiger partial charge in [-0.3, -0.25) is 4.40 Å². The molecule has 0 amide bonds. The Morgan fingerprint density at radius 2 is 2.24 bits per heavy atom. The molecule has 21 heavy (non-hydrogen) atoms. The molecule has 2 aromatic heterocycles. The molecule has 0 aliphatic carbocycles. The largest absolute Gasteiger partial charge is 0.385 e. The van der Waals surface area contributed by atoms with Crippen molar-refractivity contribution in [1.29, 1.82) is 0 Å². The Morgan fingerprint density at radius 3 is 2.90 bits per heavy atom. The molecule has 116 valence electrons. The van der Waals surface area contributed by atoms with E-state index in [4.69, 9.17) is 16.3 Å². The van der Waals surface area contributed by atoms with E-state index in [1.807, 2.05) is 0 Å². The number of aromatic nitrogens is 2. The summed E-state index contributed by atoms with van der Waals surface area (Å²) in [6, 6.07) is 3.18. The SMILES string of the molecule is COCC[C@@H](C)NS(=O)(=O)c1c(Cl)nc2ccc(Br)cn12. The molecular weight excluding hydrogens is 382 g/mol. The first kappa shape index (κ1) is 16.7. The Morgan fingerprint density at radius 1 is 1.52 bits per heavy atom. The highest BCUT2D eigenvalue weighted by Crippen LogP contribution is 2.24. The predicted molar refractivity (Wildman–Crippen MR) is 84.2 cm³/mol. The third kappa shape index (κ3) is 3.75. The van der Waals surface area contributed by atoms with Crippen LogP contribution in [-0.2, 0) is 14.8 Å². The van der Waals surface area contributed by atoms with E-state index in [0.29, 0.717) is 18.7 Å². The van der Waals surface area contributed by atoms with Gasteiger partial charge in [-0.25, -0.2) is 18.1 Å². The van der Waals surface area contributed by atoms with Crippen molar-refractivity contribution >= 4 is 43.2 Å². The molecule has 9 heteroatoms. The second kappa shape index (κ2) is 6.62. The van der Waals surface area contributed by atoms with E-state index >= 15 is 0 Å². The molecule has 0 aromatic carbocycles. The fraction of sp³-hybridized carbons (Fsp3) is 0.417. The minimum atomic E-state index is -3.78. The van der Waals surface area contributed by atoms with Crippen LogP contribution in [0.3, 0.4) is 0 Å². The van der Waals surface area contributed by atoms with Crippen molar-refractivity contribution < 1.29 is 13.2 Å². The molecule has 0 radical (unpaired) electrons. The molecular formula is C12H15BrClN3O3S. The first-order valence-electron chi connectivity index (χ1n) is 6.19. The zero-order chi connectivity index (χ0) is 15.6. The Bertz CT molecular complexity index is 748. The van der Waals surface area contributed by atoms with Crippen LogP contribution in [0.5, 0.6) is 0 Å². The van der Waals surface area contributed by atoms with Gasteiger partial charge >= 0.3 is 0 Å². The van der Waals surface area contributed by atoms with Gasteiger partial charge in [0.1, 0.15) is 5.65 Å². The first-order chi connectivity index (χ1) is 9.85. The lowest BCUT2D eigenvalue weighted by molar-refractivity contribution is 0.188. The second-order valence-corrected chi connectivity index (χ2v) is 7.49. The number of fused-ring (bicyclic) bond motifs is 1. The summed E-state index contributed by atoms with van der Waals surface area (Å²) >= 11 is 9.31. The highest BCUT2D eigenvalue weighted by Gasteiger charge is 2.26. The molecule has 1 atom stereocenters. The van der Waals surface area contributed by atoms with E-state index in [-0.39, 0.29) is 16.2 Å². The van der Waals surface area contributed by atoms with Crippen LogP contribution >= 0.6 is 27.5 Å². The van der Waals surface area contributed by atoms with Gasteiger partial charge in [-0.1, -0.05) is 11.6 Å². The Hall–Kier alpha value is -0.670. The average Bonchev–Trinajstić information content (AvgIpc) is 2.71. The summed E-state index contributed by atoms with van der Waals surface area (Å²) in [5.41, 5.74) is 0.466. The lowest BCUT2D eigenvalue weighted by atomic mass is 10.3. The summed E-state index contributed by atoms with van der Waals surface area (Å²) in [7, 11) is -2.21. The normalized spacial score (nSPS) is 13.7. The molecule has 0 saturated heterocycles. The van der Waals surface area contributed by atoms with Crippen molar-refractivity contribution in [3.05, 3.63) is 28.0 Å². The van der Waals surface area contributed by atoms with E-state index in [0.717, 1.165) is 4.47 Å². The molecule has 2 heterocycles. The predicted octanol–water partition coefficient (Wildman–Crippen LogP) is 2.45. The topological polar surface area (TPSA) is 72.7 Å². The van der Waals surface area contributed by atoms with Crippen molar-refractivity contribution in [2.24, 2.45) is 0 Å². The molecule has 0 aliphatic rings. The number of pyridine rings is 1. The van der Waals surface area contributed by atoms with Crippen LogP contribution in [0.1, 0.15) is 13.3 Å². The van der Waals surface area contributed by atoms with Gasteiger partial charge in [0, 0.05) is 30.4 Å². The maximum Gasteiger partial charge on any atom is 0.260 e. The van der Waals surface area contributed by atoms with Crippen LogP contribution in [0.4, 0.5) is 0 Å². The fourth-order valence-corrected chi connectivity index (χ4v) is 4.13. The second-order valence-electron chi connectivity index (χ2n) is 4.59. The van der Waals surface area contributed by atoms with Gasteiger partial charge in [-0.2, -0.15) is 0 Å². The molecule has 1 N–H and O–H groups in total. The van der Waals surface area contributed by atoms with Crippen molar-refractivity contribution in [3.8, 4) is 0 Å². The number of sulfonamides is 1. The highest BCUT2D eigenvalue weighted by molar-refractivity contribution is 9.10. The number of hydrogen-bond donors (Lipinski definition) is 1. The van der Waals surface area contributed by atoms with Gasteiger partial charge in [0.2, 0.25) is 0 Å². The summed E-state index contributed by atoms with van der Waals surface area (Å²) in [6.07, 6.45) is 2.18. The Kier molecular flexibility index (Phi) is 5.26. The summed E-state index contributed by atoms with van der Waals surface area (Å²) in [5, 5.41) is -0.121. The van der Waals surface area contributed by atoms with Gasteiger partial charge in [-0.15, -0.1) is 0 Å². The molecule has 2 aromatic rings. The Balaban J connectivity index is 2.40. The van der Waals surface area contributed by atoms with Crippen LogP contribution in [-0.4, -0.2) is 37.6 Å². The summed E-state index contributed by atoms with van der Waals surface area (Å²) in [5.74, 6) is 0. The highest BCUT2D eigenvalue weighted by atomic mass is 79.9. The molecule has 0 spiro atoms. The third-order valence-corrected chi connectivity index (χ3v) is 5.32. The summed E-state index contributed by atoms with van der Waals surface area (Å²) in [6.45, 7) is 2.24. The summed E-state index contributed by atoms with van der Waals surface area (Å²) < 4.78 is 34.7. The van der Waals surface area contributed by atoms with Crippen LogP contribution < -0.4 is 4.72 Å². The van der Waals surface area contributed by atoms with Gasteiger partial charge in [0.25, 0.3) is 10.0 Å². The number of rotatable bonds is 6. The van der Waals surface area contributed by atoms with Gasteiger partial charge in [0.05, 0.1) is 0 Å².